The molecule has 0 amide bonds. The van der Waals surface area contributed by atoms with Crippen LogP contribution in [0.4, 0.5) is 0 Å². The normalized spacial score (nSPS) is 11.9. The van der Waals surface area contributed by atoms with Crippen LogP contribution in [-0.2, 0) is 0 Å². The Morgan fingerprint density at radius 1 is 0.404 bits per heavy atom. The van der Waals surface area contributed by atoms with E-state index >= 15 is 0 Å². The molecule has 5 nitrogen and oxygen atoms in total. The van der Waals surface area contributed by atoms with Crippen molar-refractivity contribution in [2.45, 2.75) is 0 Å². The van der Waals surface area contributed by atoms with Crippen molar-refractivity contribution in [1.29, 1.82) is 0 Å². The molecule has 0 atom stereocenters. The van der Waals surface area contributed by atoms with Gasteiger partial charge in [-0.3, -0.25) is 0 Å². The fourth-order valence-electron chi connectivity index (χ4n) is 8.43. The number of para-hydroxylation sites is 3. The van der Waals surface area contributed by atoms with Crippen LogP contribution in [0.3, 0.4) is 0 Å². The summed E-state index contributed by atoms with van der Waals surface area (Å²) < 4.78 is 11.3. The van der Waals surface area contributed by atoms with Crippen LogP contribution in [0, 0.1) is 0 Å². The van der Waals surface area contributed by atoms with Gasteiger partial charge >= 0.3 is 0 Å². The van der Waals surface area contributed by atoms with E-state index in [1.807, 2.05) is 48.5 Å². The van der Waals surface area contributed by atoms with Gasteiger partial charge in [0, 0.05) is 69.7 Å². The van der Waals surface area contributed by atoms with E-state index in [9.17, 15) is 0 Å². The molecule has 0 radical (unpaired) electrons. The predicted molar refractivity (Wildman–Crippen MR) is 236 cm³/mol. The summed E-state index contributed by atoms with van der Waals surface area (Å²) in [6.07, 6.45) is 0. The van der Waals surface area contributed by atoms with E-state index in [4.69, 9.17) is 19.4 Å². The molecule has 0 saturated heterocycles. The quantitative estimate of drug-likeness (QED) is 0.176. The SMILES string of the molecule is c1ccc(-c2nc(-c3ccccc3)nc(-c3cc(-n4c5ccccc5c5ccc(-c6cccc7c6oc6ccccc67)cc54)cc4c3sc3ccccc34)n2)cc1. The first-order valence-electron chi connectivity index (χ1n) is 19.0. The van der Waals surface area contributed by atoms with Crippen molar-refractivity contribution in [2.24, 2.45) is 0 Å². The van der Waals surface area contributed by atoms with Gasteiger partial charge in [0.1, 0.15) is 11.2 Å². The number of rotatable bonds is 5. The molecule has 0 aliphatic heterocycles. The average molecular weight is 747 g/mol. The molecule has 4 heterocycles. The molecule has 0 saturated carbocycles. The molecular formula is C51H30N4OS. The molecule has 6 heteroatoms. The first-order chi connectivity index (χ1) is 28.2. The van der Waals surface area contributed by atoms with E-state index in [1.165, 1.54) is 26.2 Å². The van der Waals surface area contributed by atoms with Gasteiger partial charge in [-0.25, -0.2) is 15.0 Å². The van der Waals surface area contributed by atoms with E-state index in [-0.39, 0.29) is 0 Å². The molecular weight excluding hydrogens is 717 g/mol. The van der Waals surface area contributed by atoms with Crippen LogP contribution >= 0.6 is 11.3 Å². The third kappa shape index (κ3) is 5.04. The highest BCUT2D eigenvalue weighted by atomic mass is 32.1. The minimum Gasteiger partial charge on any atom is -0.455 e. The summed E-state index contributed by atoms with van der Waals surface area (Å²) in [6, 6.07) is 63.8. The highest BCUT2D eigenvalue weighted by Crippen LogP contribution is 2.44. The number of nitrogens with zero attached hydrogens (tertiary/aromatic N) is 4. The van der Waals surface area contributed by atoms with Gasteiger partial charge in [0.2, 0.25) is 0 Å². The second kappa shape index (κ2) is 12.6. The second-order valence-electron chi connectivity index (χ2n) is 14.4. The summed E-state index contributed by atoms with van der Waals surface area (Å²) in [7, 11) is 0. The van der Waals surface area contributed by atoms with Gasteiger partial charge in [-0.05, 0) is 42.0 Å². The van der Waals surface area contributed by atoms with Crippen molar-refractivity contribution in [3.05, 3.63) is 182 Å². The van der Waals surface area contributed by atoms with Crippen molar-refractivity contribution in [3.8, 4) is 51.0 Å². The molecule has 0 bridgehead atoms. The molecule has 0 aliphatic carbocycles. The van der Waals surface area contributed by atoms with E-state index in [0.717, 1.165) is 71.2 Å². The molecule has 0 fully saturated rings. The summed E-state index contributed by atoms with van der Waals surface area (Å²) in [6.45, 7) is 0. The van der Waals surface area contributed by atoms with Crippen LogP contribution in [0.5, 0.6) is 0 Å². The summed E-state index contributed by atoms with van der Waals surface area (Å²) >= 11 is 1.78. The highest BCUT2D eigenvalue weighted by molar-refractivity contribution is 7.26. The number of hydrogen-bond acceptors (Lipinski definition) is 5. The van der Waals surface area contributed by atoms with Gasteiger partial charge in [0.25, 0.3) is 0 Å². The number of hydrogen-bond donors (Lipinski definition) is 0. The molecule has 0 unspecified atom stereocenters. The summed E-state index contributed by atoms with van der Waals surface area (Å²) in [4.78, 5) is 15.5. The Kier molecular flexibility index (Phi) is 7.03. The van der Waals surface area contributed by atoms with E-state index in [2.05, 4.69) is 138 Å². The van der Waals surface area contributed by atoms with Gasteiger partial charge in [0.05, 0.1) is 11.0 Å². The zero-order valence-corrected chi connectivity index (χ0v) is 31.2. The monoisotopic (exact) mass is 746 g/mol. The molecule has 0 N–H and O–H groups in total. The maximum absolute atomic E-state index is 6.53. The van der Waals surface area contributed by atoms with Crippen molar-refractivity contribution in [1.82, 2.24) is 19.5 Å². The minimum atomic E-state index is 0.638. The van der Waals surface area contributed by atoms with Crippen LogP contribution in [0.25, 0.3) is 115 Å². The zero-order valence-electron chi connectivity index (χ0n) is 30.4. The van der Waals surface area contributed by atoms with Crippen molar-refractivity contribution in [2.75, 3.05) is 0 Å². The Bertz CT molecular complexity index is 3470. The van der Waals surface area contributed by atoms with Crippen LogP contribution in [0.2, 0.25) is 0 Å². The van der Waals surface area contributed by atoms with Gasteiger partial charge in [-0.1, -0.05) is 146 Å². The van der Waals surface area contributed by atoms with Crippen molar-refractivity contribution >= 4 is 75.3 Å². The summed E-state index contributed by atoms with van der Waals surface area (Å²) in [5.74, 6) is 1.92. The largest absolute Gasteiger partial charge is 0.455 e. The first kappa shape index (κ1) is 31.9. The lowest BCUT2D eigenvalue weighted by molar-refractivity contribution is 0.670. The number of benzene rings is 8. The third-order valence-electron chi connectivity index (χ3n) is 11.1. The fraction of sp³-hybridized carbons (Fsp3) is 0. The summed E-state index contributed by atoms with van der Waals surface area (Å²) in [5, 5.41) is 6.98. The van der Waals surface area contributed by atoms with Crippen LogP contribution in [0.15, 0.2) is 186 Å². The topological polar surface area (TPSA) is 56.7 Å². The Labute approximate surface area is 330 Å². The molecule has 0 aliphatic rings. The van der Waals surface area contributed by atoms with Gasteiger partial charge in [0.15, 0.2) is 17.5 Å². The van der Waals surface area contributed by atoms with Crippen LogP contribution in [-0.4, -0.2) is 19.5 Å². The maximum atomic E-state index is 6.53. The van der Waals surface area contributed by atoms with E-state index in [1.54, 1.807) is 11.3 Å². The number of furan rings is 1. The molecule has 8 aromatic carbocycles. The number of thiophene rings is 1. The lowest BCUT2D eigenvalue weighted by Gasteiger charge is -2.13. The lowest BCUT2D eigenvalue weighted by Crippen LogP contribution is -2.01. The van der Waals surface area contributed by atoms with E-state index < -0.39 is 0 Å². The Balaban J connectivity index is 1.15. The minimum absolute atomic E-state index is 0.638. The molecule has 0 spiro atoms. The van der Waals surface area contributed by atoms with Gasteiger partial charge in [-0.15, -0.1) is 11.3 Å². The average Bonchev–Trinajstić information content (AvgIpc) is 3.96. The van der Waals surface area contributed by atoms with Gasteiger partial charge < -0.3 is 8.98 Å². The Morgan fingerprint density at radius 2 is 1.04 bits per heavy atom. The van der Waals surface area contributed by atoms with Crippen molar-refractivity contribution in [3.63, 3.8) is 0 Å². The highest BCUT2D eigenvalue weighted by Gasteiger charge is 2.21. The van der Waals surface area contributed by atoms with Crippen LogP contribution < -0.4 is 0 Å². The molecule has 266 valence electrons. The fourth-order valence-corrected chi connectivity index (χ4v) is 9.62. The molecule has 12 rings (SSSR count). The molecule has 57 heavy (non-hydrogen) atoms. The second-order valence-corrected chi connectivity index (χ2v) is 15.4. The standard InChI is InChI=1S/C51H30N4OS/c1-3-14-31(15-4-1)49-52-50(32-16-5-2-6-17-32)54-51(53-49)42-30-34(29-41-39-20-9-12-25-46(39)57-48(41)42)55-43-23-10-7-18-36(43)37-27-26-33(28-44(37)55)35-21-13-22-40-38-19-8-11-24-45(38)56-47(35)40/h1-30H. The number of aromatic nitrogens is 4. The van der Waals surface area contributed by atoms with E-state index in [0.29, 0.717) is 17.5 Å². The maximum Gasteiger partial charge on any atom is 0.165 e. The van der Waals surface area contributed by atoms with Crippen LogP contribution in [0.1, 0.15) is 0 Å². The molecule has 4 aromatic heterocycles. The lowest BCUT2D eigenvalue weighted by atomic mass is 10.0. The van der Waals surface area contributed by atoms with Crippen molar-refractivity contribution < 1.29 is 4.42 Å². The Morgan fingerprint density at radius 3 is 1.82 bits per heavy atom. The van der Waals surface area contributed by atoms with Gasteiger partial charge in [-0.2, -0.15) is 0 Å². The predicted octanol–water partition coefficient (Wildman–Crippen LogP) is 13.9. The number of fused-ring (bicyclic) bond motifs is 9. The smallest absolute Gasteiger partial charge is 0.165 e. The summed E-state index contributed by atoms with van der Waals surface area (Å²) in [5.41, 5.74) is 10.1. The third-order valence-corrected chi connectivity index (χ3v) is 12.3. The molecule has 12 aromatic rings. The Hall–Kier alpha value is -7.41. The zero-order chi connectivity index (χ0) is 37.5. The first-order valence-corrected chi connectivity index (χ1v) is 19.8.